The maximum atomic E-state index is 15.1. The highest BCUT2D eigenvalue weighted by molar-refractivity contribution is 5.92. The van der Waals surface area contributed by atoms with Crippen LogP contribution in [0.3, 0.4) is 0 Å². The maximum absolute atomic E-state index is 15.1. The van der Waals surface area contributed by atoms with Gasteiger partial charge in [0.05, 0.1) is 17.6 Å². The lowest BCUT2D eigenvalue weighted by Crippen LogP contribution is -2.36. The van der Waals surface area contributed by atoms with Crippen molar-refractivity contribution in [1.29, 1.82) is 0 Å². The van der Waals surface area contributed by atoms with Gasteiger partial charge in [-0.15, -0.1) is 5.10 Å². The van der Waals surface area contributed by atoms with Crippen molar-refractivity contribution >= 4 is 22.8 Å². The zero-order valence-corrected chi connectivity index (χ0v) is 18.8. The number of pyridine rings is 2. The van der Waals surface area contributed by atoms with E-state index in [-0.39, 0.29) is 28.9 Å². The van der Waals surface area contributed by atoms with Crippen molar-refractivity contribution in [1.82, 2.24) is 24.5 Å². The normalized spacial score (nSPS) is 16.7. The summed E-state index contributed by atoms with van der Waals surface area (Å²) in [4.78, 5) is 30.7. The topological polar surface area (TPSA) is 106 Å². The fourth-order valence-electron chi connectivity index (χ4n) is 4.78. The van der Waals surface area contributed by atoms with Crippen LogP contribution in [0.2, 0.25) is 0 Å². The van der Waals surface area contributed by atoms with Crippen LogP contribution in [-0.2, 0) is 0 Å². The van der Waals surface area contributed by atoms with Crippen LogP contribution >= 0.6 is 0 Å². The summed E-state index contributed by atoms with van der Waals surface area (Å²) in [5.74, 6) is -1.75. The Balaban J connectivity index is 1.27. The summed E-state index contributed by atoms with van der Waals surface area (Å²) < 4.78 is 18.7. The van der Waals surface area contributed by atoms with Crippen molar-refractivity contribution in [2.45, 2.75) is 37.8 Å². The SMILES string of the molecule is O=C(O)c1cn(C2CC2)c2nc(N3CCC(n4cc(-c5ccccc5)nn4)CC3)c(F)cc2c1=O. The first kappa shape index (κ1) is 21.5. The van der Waals surface area contributed by atoms with E-state index in [4.69, 9.17) is 0 Å². The largest absolute Gasteiger partial charge is 0.477 e. The lowest BCUT2D eigenvalue weighted by atomic mass is 10.0. The minimum atomic E-state index is -1.32. The van der Waals surface area contributed by atoms with Gasteiger partial charge in [0.1, 0.15) is 16.9 Å². The predicted octanol–water partition coefficient (Wildman–Crippen LogP) is 3.67. The molecule has 1 aliphatic carbocycles. The van der Waals surface area contributed by atoms with Gasteiger partial charge in [0.2, 0.25) is 5.43 Å². The van der Waals surface area contributed by atoms with Gasteiger partial charge < -0.3 is 14.6 Å². The van der Waals surface area contributed by atoms with Gasteiger partial charge in [0.15, 0.2) is 11.6 Å². The van der Waals surface area contributed by atoms with Gasteiger partial charge in [-0.2, -0.15) is 0 Å². The van der Waals surface area contributed by atoms with Gasteiger partial charge in [0.25, 0.3) is 0 Å². The van der Waals surface area contributed by atoms with Crippen molar-refractivity contribution in [2.75, 3.05) is 18.0 Å². The summed E-state index contributed by atoms with van der Waals surface area (Å²) in [6.45, 7) is 1.14. The van der Waals surface area contributed by atoms with E-state index in [2.05, 4.69) is 15.3 Å². The van der Waals surface area contributed by atoms with E-state index in [0.717, 1.165) is 43.0 Å². The molecule has 10 heteroatoms. The second-order valence-electron chi connectivity index (χ2n) is 9.15. The zero-order valence-electron chi connectivity index (χ0n) is 18.8. The smallest absolute Gasteiger partial charge is 0.341 e. The lowest BCUT2D eigenvalue weighted by Gasteiger charge is -2.33. The van der Waals surface area contributed by atoms with Gasteiger partial charge >= 0.3 is 5.97 Å². The Morgan fingerprint density at radius 3 is 2.46 bits per heavy atom. The summed E-state index contributed by atoms with van der Waals surface area (Å²) in [7, 11) is 0. The van der Waals surface area contributed by atoms with Crippen LogP contribution in [0.1, 0.15) is 48.1 Å². The van der Waals surface area contributed by atoms with E-state index >= 15 is 4.39 Å². The molecule has 1 saturated heterocycles. The number of nitrogens with zero attached hydrogens (tertiary/aromatic N) is 6. The Morgan fingerprint density at radius 1 is 1.03 bits per heavy atom. The average molecular weight is 474 g/mol. The van der Waals surface area contributed by atoms with E-state index in [1.165, 1.54) is 6.20 Å². The molecule has 1 N–H and O–H groups in total. The first-order valence-corrected chi connectivity index (χ1v) is 11.7. The Kier molecular flexibility index (Phi) is 5.09. The molecule has 4 aromatic rings. The van der Waals surface area contributed by atoms with Gasteiger partial charge in [-0.3, -0.25) is 4.79 Å². The average Bonchev–Trinajstić information content (AvgIpc) is 3.60. The van der Waals surface area contributed by atoms with Crippen molar-refractivity contribution in [2.24, 2.45) is 0 Å². The molecule has 6 rings (SSSR count). The molecule has 178 valence electrons. The lowest BCUT2D eigenvalue weighted by molar-refractivity contribution is 0.0695. The molecule has 4 heterocycles. The molecular weight excluding hydrogens is 451 g/mol. The standard InChI is InChI=1S/C25H23FN6O3/c26-20-12-18-22(33)19(25(34)35)13-31(16-6-7-16)23(18)27-24(20)30-10-8-17(9-11-30)32-14-21(28-29-32)15-4-2-1-3-5-15/h1-5,12-14,16-17H,6-11H2,(H,34,35). The predicted molar refractivity (Wildman–Crippen MR) is 127 cm³/mol. The minimum Gasteiger partial charge on any atom is -0.477 e. The quantitative estimate of drug-likeness (QED) is 0.470. The number of aromatic nitrogens is 5. The summed E-state index contributed by atoms with van der Waals surface area (Å²) in [5.41, 5.74) is 1.09. The van der Waals surface area contributed by atoms with Gasteiger partial charge in [-0.05, 0) is 31.7 Å². The monoisotopic (exact) mass is 474 g/mol. The molecule has 3 aromatic heterocycles. The van der Waals surface area contributed by atoms with Crippen LogP contribution in [0.5, 0.6) is 0 Å². The number of benzene rings is 1. The molecule has 35 heavy (non-hydrogen) atoms. The highest BCUT2D eigenvalue weighted by Crippen LogP contribution is 2.37. The fourth-order valence-corrected chi connectivity index (χ4v) is 4.78. The second kappa shape index (κ2) is 8.30. The molecule has 0 unspecified atom stereocenters. The van der Waals surface area contributed by atoms with E-state index in [0.29, 0.717) is 18.7 Å². The van der Waals surface area contributed by atoms with Crippen LogP contribution < -0.4 is 10.3 Å². The Morgan fingerprint density at radius 2 is 1.77 bits per heavy atom. The van der Waals surface area contributed by atoms with Crippen molar-refractivity contribution in [3.8, 4) is 11.3 Å². The molecule has 1 aromatic carbocycles. The number of hydrogen-bond donors (Lipinski definition) is 1. The molecule has 0 bridgehead atoms. The molecular formula is C25H23FN6O3. The third-order valence-electron chi connectivity index (χ3n) is 6.83. The van der Waals surface area contributed by atoms with Crippen LogP contribution in [0.25, 0.3) is 22.3 Å². The number of rotatable bonds is 5. The summed E-state index contributed by atoms with van der Waals surface area (Å²) in [6.07, 6.45) is 6.52. The number of carboxylic acid groups (broad SMARTS) is 1. The van der Waals surface area contributed by atoms with Gasteiger partial charge in [-0.25, -0.2) is 18.9 Å². The maximum Gasteiger partial charge on any atom is 0.341 e. The number of anilines is 1. The minimum absolute atomic E-state index is 0.00370. The van der Waals surface area contributed by atoms with E-state index in [1.54, 1.807) is 4.57 Å². The van der Waals surface area contributed by atoms with Crippen LogP contribution in [-0.4, -0.2) is 48.7 Å². The molecule has 2 aliphatic rings. The molecule has 1 aliphatic heterocycles. The van der Waals surface area contributed by atoms with Crippen molar-refractivity contribution in [3.05, 3.63) is 70.4 Å². The Bertz CT molecular complexity index is 1490. The number of piperidine rings is 1. The Labute approximate surface area is 199 Å². The number of carbonyl (C=O) groups is 1. The first-order chi connectivity index (χ1) is 17.0. The molecule has 1 saturated carbocycles. The van der Waals surface area contributed by atoms with Crippen LogP contribution in [0.4, 0.5) is 10.2 Å². The molecule has 0 atom stereocenters. The summed E-state index contributed by atoms with van der Waals surface area (Å²) in [6, 6.07) is 11.2. The summed E-state index contributed by atoms with van der Waals surface area (Å²) in [5, 5.41) is 18.0. The number of aromatic carboxylic acids is 1. The fraction of sp³-hybridized carbons (Fsp3) is 0.320. The van der Waals surface area contributed by atoms with Crippen molar-refractivity contribution < 1.29 is 14.3 Å². The molecule has 0 spiro atoms. The van der Waals surface area contributed by atoms with Crippen LogP contribution in [0.15, 0.2) is 53.6 Å². The molecule has 0 radical (unpaired) electrons. The highest BCUT2D eigenvalue weighted by atomic mass is 19.1. The number of carboxylic acids is 1. The van der Waals surface area contributed by atoms with E-state index in [9.17, 15) is 14.7 Å². The zero-order chi connectivity index (χ0) is 24.1. The Hall–Kier alpha value is -4.08. The second-order valence-corrected chi connectivity index (χ2v) is 9.15. The number of fused-ring (bicyclic) bond motifs is 1. The number of hydrogen-bond acceptors (Lipinski definition) is 6. The van der Waals surface area contributed by atoms with Gasteiger partial charge in [0, 0.05) is 30.9 Å². The first-order valence-electron chi connectivity index (χ1n) is 11.7. The van der Waals surface area contributed by atoms with E-state index < -0.39 is 17.2 Å². The van der Waals surface area contributed by atoms with Crippen molar-refractivity contribution in [3.63, 3.8) is 0 Å². The molecule has 2 fully saturated rings. The third kappa shape index (κ3) is 3.84. The molecule has 9 nitrogen and oxygen atoms in total. The van der Waals surface area contributed by atoms with E-state index in [1.807, 2.05) is 46.1 Å². The summed E-state index contributed by atoms with van der Waals surface area (Å²) >= 11 is 0. The molecule has 0 amide bonds. The van der Waals surface area contributed by atoms with Gasteiger partial charge in [-0.1, -0.05) is 35.5 Å². The number of halogens is 1. The van der Waals surface area contributed by atoms with Crippen LogP contribution in [0, 0.1) is 5.82 Å². The third-order valence-corrected chi connectivity index (χ3v) is 6.83. The highest BCUT2D eigenvalue weighted by Gasteiger charge is 2.30.